The quantitative estimate of drug-likeness (QED) is 0.888. The molecule has 2 aromatic rings. The molecule has 7 heteroatoms. The topological polar surface area (TPSA) is 75.3 Å². The predicted molar refractivity (Wildman–Crippen MR) is 93.5 cm³/mol. The van der Waals surface area contributed by atoms with Crippen molar-refractivity contribution in [2.75, 3.05) is 13.1 Å². The molecule has 1 aliphatic carbocycles. The van der Waals surface area contributed by atoms with Gasteiger partial charge in [-0.1, -0.05) is 37.3 Å². The van der Waals surface area contributed by atoms with Crippen LogP contribution >= 0.6 is 0 Å². The predicted octanol–water partition coefficient (Wildman–Crippen LogP) is 2.51. The van der Waals surface area contributed by atoms with Crippen molar-refractivity contribution >= 4 is 10.0 Å². The molecule has 6 nitrogen and oxygen atoms in total. The van der Waals surface area contributed by atoms with Crippen LogP contribution in [-0.2, 0) is 21.2 Å². The molecule has 0 bridgehead atoms. The molecule has 0 radical (unpaired) electrons. The number of aromatic nitrogens is 2. The summed E-state index contributed by atoms with van der Waals surface area (Å²) in [5, 5.41) is 0.174. The smallest absolute Gasteiger partial charge is 0.260 e. The van der Waals surface area contributed by atoms with Crippen LogP contribution in [0, 0.1) is 5.92 Å². The molecule has 1 aliphatic heterocycles. The van der Waals surface area contributed by atoms with E-state index in [0.717, 1.165) is 18.4 Å². The summed E-state index contributed by atoms with van der Waals surface area (Å²) in [6.07, 6.45) is 4.06. The number of hydrogen-bond acceptors (Lipinski definition) is 4. The summed E-state index contributed by atoms with van der Waals surface area (Å²) in [5.74, 6) is 1.15. The molecule has 1 saturated carbocycles. The largest absolute Gasteiger partial charge is 0.367 e. The number of nitrogens with one attached hydrogen (secondary N) is 1. The van der Waals surface area contributed by atoms with Crippen molar-refractivity contribution in [3.05, 3.63) is 47.9 Å². The van der Waals surface area contributed by atoms with Gasteiger partial charge in [-0.15, -0.1) is 0 Å². The van der Waals surface area contributed by atoms with Crippen LogP contribution in [0.25, 0.3) is 0 Å². The Hall–Kier alpha value is -1.70. The van der Waals surface area contributed by atoms with Gasteiger partial charge in [0.05, 0.1) is 18.4 Å². The van der Waals surface area contributed by atoms with Crippen LogP contribution in [0.5, 0.6) is 0 Å². The zero-order valence-corrected chi connectivity index (χ0v) is 15.1. The first-order valence-electron chi connectivity index (χ1n) is 8.82. The highest BCUT2D eigenvalue weighted by molar-refractivity contribution is 7.89. The number of rotatable bonds is 5. The van der Waals surface area contributed by atoms with Crippen molar-refractivity contribution in [2.45, 2.75) is 43.4 Å². The highest BCUT2D eigenvalue weighted by atomic mass is 32.2. The van der Waals surface area contributed by atoms with Crippen molar-refractivity contribution in [2.24, 2.45) is 5.92 Å². The number of H-pyrrole nitrogens is 1. The summed E-state index contributed by atoms with van der Waals surface area (Å²) in [4.78, 5) is 7.08. The highest BCUT2D eigenvalue weighted by Gasteiger charge is 2.42. The van der Waals surface area contributed by atoms with E-state index in [-0.39, 0.29) is 17.2 Å². The van der Waals surface area contributed by atoms with Gasteiger partial charge < -0.3 is 9.72 Å². The molecular formula is C18H23N3O3S. The Balaban J connectivity index is 1.63. The molecule has 1 aromatic heterocycles. The first-order chi connectivity index (χ1) is 12.1. The minimum atomic E-state index is -3.60. The lowest BCUT2D eigenvalue weighted by Crippen LogP contribution is -2.47. The lowest BCUT2D eigenvalue weighted by Gasteiger charge is -2.37. The molecule has 134 valence electrons. The molecule has 2 aliphatic rings. The summed E-state index contributed by atoms with van der Waals surface area (Å²) in [6, 6.07) is 9.86. The van der Waals surface area contributed by atoms with Crippen molar-refractivity contribution in [1.29, 1.82) is 0 Å². The van der Waals surface area contributed by atoms with Crippen molar-refractivity contribution in [3.63, 3.8) is 0 Å². The SMILES string of the molecule is CCc1ncc(S(=O)(=O)N2C[C@@H](c3ccccc3)O[C@@H](C3CC3)C2)[nH]1. The van der Waals surface area contributed by atoms with E-state index in [1.165, 1.54) is 6.20 Å². The first-order valence-corrected chi connectivity index (χ1v) is 10.3. The lowest BCUT2D eigenvalue weighted by atomic mass is 10.1. The van der Waals surface area contributed by atoms with Crippen LogP contribution in [0.2, 0.25) is 0 Å². The average Bonchev–Trinajstić information content (AvgIpc) is 3.38. The minimum Gasteiger partial charge on any atom is -0.367 e. The zero-order chi connectivity index (χ0) is 17.4. The fourth-order valence-corrected chi connectivity index (χ4v) is 4.71. The van der Waals surface area contributed by atoms with Crippen molar-refractivity contribution in [1.82, 2.24) is 14.3 Å². The fraction of sp³-hybridized carbons (Fsp3) is 0.500. The first kappa shape index (κ1) is 16.8. The maximum absolute atomic E-state index is 13.1. The Kier molecular flexibility index (Phi) is 4.39. The summed E-state index contributed by atoms with van der Waals surface area (Å²) < 4.78 is 34.0. The number of hydrogen-bond donors (Lipinski definition) is 1. The van der Waals surface area contributed by atoms with Gasteiger partial charge in [-0.3, -0.25) is 0 Å². The fourth-order valence-electron chi connectivity index (χ4n) is 3.33. The second-order valence-corrected chi connectivity index (χ2v) is 8.69. The van der Waals surface area contributed by atoms with E-state index in [9.17, 15) is 8.42 Å². The highest BCUT2D eigenvalue weighted by Crippen LogP contribution is 2.40. The molecule has 0 unspecified atom stereocenters. The Morgan fingerprint density at radius 3 is 2.64 bits per heavy atom. The molecule has 2 atom stereocenters. The van der Waals surface area contributed by atoms with Crippen LogP contribution in [0.1, 0.15) is 37.3 Å². The van der Waals surface area contributed by atoms with Gasteiger partial charge in [0.1, 0.15) is 5.82 Å². The van der Waals surface area contributed by atoms with Gasteiger partial charge in [0, 0.05) is 19.5 Å². The van der Waals surface area contributed by atoms with Crippen molar-refractivity contribution < 1.29 is 13.2 Å². The van der Waals surface area contributed by atoms with Gasteiger partial charge in [0.2, 0.25) is 0 Å². The van der Waals surface area contributed by atoms with E-state index < -0.39 is 10.0 Å². The second-order valence-electron chi connectivity index (χ2n) is 6.78. The Morgan fingerprint density at radius 2 is 2.00 bits per heavy atom. The van der Waals surface area contributed by atoms with E-state index in [4.69, 9.17) is 4.74 Å². The third-order valence-electron chi connectivity index (χ3n) is 4.97. The summed E-state index contributed by atoms with van der Waals surface area (Å²) in [7, 11) is -3.60. The second kappa shape index (κ2) is 6.55. The number of aryl methyl sites for hydroxylation is 1. The lowest BCUT2D eigenvalue weighted by molar-refractivity contribution is -0.0747. The van der Waals surface area contributed by atoms with E-state index in [1.54, 1.807) is 4.31 Å². The number of benzene rings is 1. The monoisotopic (exact) mass is 361 g/mol. The number of sulfonamides is 1. The Bertz CT molecular complexity index is 830. The van der Waals surface area contributed by atoms with Crippen LogP contribution in [0.3, 0.4) is 0 Å². The molecule has 2 fully saturated rings. The zero-order valence-electron chi connectivity index (χ0n) is 14.3. The molecule has 25 heavy (non-hydrogen) atoms. The van der Waals surface area contributed by atoms with E-state index in [1.807, 2.05) is 37.3 Å². The molecule has 0 spiro atoms. The van der Waals surface area contributed by atoms with E-state index >= 15 is 0 Å². The summed E-state index contributed by atoms with van der Waals surface area (Å²) >= 11 is 0. The molecule has 1 aromatic carbocycles. The van der Waals surface area contributed by atoms with Crippen molar-refractivity contribution in [3.8, 4) is 0 Å². The average molecular weight is 361 g/mol. The van der Waals surface area contributed by atoms with Crippen LogP contribution in [-0.4, -0.2) is 41.9 Å². The van der Waals surface area contributed by atoms with Crippen LogP contribution in [0.4, 0.5) is 0 Å². The summed E-state index contributed by atoms with van der Waals surface area (Å²) in [6.45, 7) is 2.69. The van der Waals surface area contributed by atoms with Crippen LogP contribution < -0.4 is 0 Å². The van der Waals surface area contributed by atoms with Gasteiger partial charge in [0.15, 0.2) is 5.03 Å². The van der Waals surface area contributed by atoms with E-state index in [2.05, 4.69) is 9.97 Å². The van der Waals surface area contributed by atoms with Gasteiger partial charge >= 0.3 is 0 Å². The molecule has 2 heterocycles. The third kappa shape index (κ3) is 3.36. The van der Waals surface area contributed by atoms with Gasteiger partial charge in [-0.05, 0) is 24.3 Å². The number of aromatic amines is 1. The van der Waals surface area contributed by atoms with Gasteiger partial charge in [-0.2, -0.15) is 4.31 Å². The number of morpholine rings is 1. The number of nitrogens with zero attached hydrogens (tertiary/aromatic N) is 2. The molecular weight excluding hydrogens is 338 g/mol. The minimum absolute atomic E-state index is 0.0395. The number of imidazole rings is 1. The molecule has 1 saturated heterocycles. The Morgan fingerprint density at radius 1 is 1.24 bits per heavy atom. The van der Waals surface area contributed by atoms with Gasteiger partial charge in [-0.25, -0.2) is 13.4 Å². The maximum Gasteiger partial charge on any atom is 0.260 e. The van der Waals surface area contributed by atoms with E-state index in [0.29, 0.717) is 31.3 Å². The summed E-state index contributed by atoms with van der Waals surface area (Å²) in [5.41, 5.74) is 1.02. The molecule has 1 N–H and O–H groups in total. The standard InChI is InChI=1S/C18H23N3O3S/c1-2-17-19-10-18(20-17)25(22,23)21-11-15(13-6-4-3-5-7-13)24-16(12-21)14-8-9-14/h3-7,10,14-16H,2,8-9,11-12H2,1H3,(H,19,20)/t15-,16+/m0/s1. The Labute approximate surface area is 148 Å². The molecule has 4 rings (SSSR count). The molecule has 0 amide bonds. The maximum atomic E-state index is 13.1. The normalized spacial score (nSPS) is 25.2. The number of ether oxygens (including phenoxy) is 1. The third-order valence-corrected chi connectivity index (χ3v) is 6.71. The van der Waals surface area contributed by atoms with Gasteiger partial charge in [0.25, 0.3) is 10.0 Å². The van der Waals surface area contributed by atoms with Crippen LogP contribution in [0.15, 0.2) is 41.6 Å².